The third-order valence-corrected chi connectivity index (χ3v) is 5.35. The molecule has 0 saturated carbocycles. The van der Waals surface area contributed by atoms with Gasteiger partial charge in [-0.2, -0.15) is 0 Å². The lowest BCUT2D eigenvalue weighted by Crippen LogP contribution is -2.35. The molecule has 2 heterocycles. The summed E-state index contributed by atoms with van der Waals surface area (Å²) >= 11 is 1.44. The molecule has 2 aromatic heterocycles. The van der Waals surface area contributed by atoms with Crippen molar-refractivity contribution >= 4 is 21.4 Å². The Morgan fingerprint density at radius 1 is 1.50 bits per heavy atom. The molecule has 0 amide bonds. The third-order valence-electron chi connectivity index (χ3n) is 2.69. The van der Waals surface area contributed by atoms with E-state index in [1.165, 1.54) is 11.3 Å². The van der Waals surface area contributed by atoms with E-state index < -0.39 is 10.0 Å². The maximum atomic E-state index is 12.2. The van der Waals surface area contributed by atoms with Crippen LogP contribution in [0.15, 0.2) is 35.1 Å². The molecule has 20 heavy (non-hydrogen) atoms. The summed E-state index contributed by atoms with van der Waals surface area (Å²) < 4.78 is 29.0. The molecule has 2 N–H and O–H groups in total. The van der Waals surface area contributed by atoms with E-state index in [0.29, 0.717) is 18.0 Å². The van der Waals surface area contributed by atoms with E-state index in [4.69, 9.17) is 0 Å². The summed E-state index contributed by atoms with van der Waals surface area (Å²) in [5.74, 6) is 0. The molecule has 0 aliphatic heterocycles. The van der Waals surface area contributed by atoms with Crippen LogP contribution < -0.4 is 10.0 Å². The van der Waals surface area contributed by atoms with E-state index >= 15 is 0 Å². The largest absolute Gasteiger partial charge is 0.336 e. The summed E-state index contributed by atoms with van der Waals surface area (Å²) in [6, 6.07) is 1.50. The molecule has 2 rings (SSSR count). The summed E-state index contributed by atoms with van der Waals surface area (Å²) in [7, 11) is -1.63. The van der Waals surface area contributed by atoms with E-state index in [-0.39, 0.29) is 6.04 Å². The summed E-state index contributed by atoms with van der Waals surface area (Å²) in [6.45, 7) is 3.05. The van der Waals surface area contributed by atoms with Crippen LogP contribution in [0.5, 0.6) is 0 Å². The third kappa shape index (κ3) is 3.89. The van der Waals surface area contributed by atoms with Gasteiger partial charge in [0, 0.05) is 41.8 Å². The van der Waals surface area contributed by atoms with Crippen molar-refractivity contribution in [2.24, 2.45) is 0 Å². The number of rotatable bonds is 7. The maximum absolute atomic E-state index is 12.2. The second-order valence-electron chi connectivity index (χ2n) is 4.56. The van der Waals surface area contributed by atoms with Gasteiger partial charge >= 0.3 is 0 Å². The average molecular weight is 314 g/mol. The Morgan fingerprint density at radius 3 is 2.95 bits per heavy atom. The van der Waals surface area contributed by atoms with Gasteiger partial charge in [0.15, 0.2) is 0 Å². The highest BCUT2D eigenvalue weighted by Crippen LogP contribution is 2.19. The normalized spacial score (nSPS) is 13.5. The fourth-order valence-electron chi connectivity index (χ4n) is 1.85. The number of sulfonamides is 1. The Kier molecular flexibility index (Phi) is 4.92. The molecular formula is C12H18N4O2S2. The first-order valence-electron chi connectivity index (χ1n) is 6.21. The quantitative estimate of drug-likeness (QED) is 0.800. The van der Waals surface area contributed by atoms with Gasteiger partial charge in [-0.25, -0.2) is 18.1 Å². The van der Waals surface area contributed by atoms with Crippen molar-refractivity contribution in [3.63, 3.8) is 0 Å². The maximum Gasteiger partial charge on any atom is 0.241 e. The second kappa shape index (κ2) is 6.49. The van der Waals surface area contributed by atoms with Crippen LogP contribution in [-0.2, 0) is 23.1 Å². The molecule has 2 aromatic rings. The molecule has 8 heteroatoms. The number of aromatic nitrogens is 2. The standard InChI is InChI=1S/C12H18N4O2S2/c1-10(7-16-4-3-14-9-16)15-20(17,18)12-5-11(6-13-2)19-8-12/h3-5,8-10,13,15H,6-7H2,1-2H3. The van der Waals surface area contributed by atoms with E-state index in [1.54, 1.807) is 30.2 Å². The highest BCUT2D eigenvalue weighted by molar-refractivity contribution is 7.89. The molecule has 6 nitrogen and oxygen atoms in total. The topological polar surface area (TPSA) is 76.0 Å². The molecular weight excluding hydrogens is 296 g/mol. The molecule has 1 atom stereocenters. The van der Waals surface area contributed by atoms with Crippen molar-refractivity contribution in [1.82, 2.24) is 19.6 Å². The number of thiophene rings is 1. The number of imidazole rings is 1. The van der Waals surface area contributed by atoms with Gasteiger partial charge in [0.2, 0.25) is 10.0 Å². The fraction of sp³-hybridized carbons (Fsp3) is 0.417. The predicted octanol–water partition coefficient (Wildman–Crippen LogP) is 1.03. The van der Waals surface area contributed by atoms with Crippen molar-refractivity contribution in [2.45, 2.75) is 31.0 Å². The summed E-state index contributed by atoms with van der Waals surface area (Å²) in [6.07, 6.45) is 5.14. The Hall–Kier alpha value is -1.22. The van der Waals surface area contributed by atoms with E-state index in [9.17, 15) is 8.42 Å². The van der Waals surface area contributed by atoms with Crippen LogP contribution >= 0.6 is 11.3 Å². The lowest BCUT2D eigenvalue weighted by molar-refractivity contribution is 0.520. The zero-order valence-electron chi connectivity index (χ0n) is 11.4. The molecule has 0 aromatic carbocycles. The highest BCUT2D eigenvalue weighted by atomic mass is 32.2. The van der Waals surface area contributed by atoms with Gasteiger partial charge in [0.25, 0.3) is 0 Å². The fourth-order valence-corrected chi connectivity index (χ4v) is 4.37. The summed E-state index contributed by atoms with van der Waals surface area (Å²) in [5, 5.41) is 4.67. The summed E-state index contributed by atoms with van der Waals surface area (Å²) in [4.78, 5) is 5.25. The summed E-state index contributed by atoms with van der Waals surface area (Å²) in [5.41, 5.74) is 0. The Labute approximate surface area is 122 Å². The van der Waals surface area contributed by atoms with Crippen molar-refractivity contribution in [3.8, 4) is 0 Å². The van der Waals surface area contributed by atoms with Crippen LogP contribution in [0.25, 0.3) is 0 Å². The molecule has 1 unspecified atom stereocenters. The minimum absolute atomic E-state index is 0.207. The van der Waals surface area contributed by atoms with Crippen LogP contribution in [0.2, 0.25) is 0 Å². The van der Waals surface area contributed by atoms with Gasteiger partial charge < -0.3 is 9.88 Å². The van der Waals surface area contributed by atoms with Crippen molar-refractivity contribution in [2.75, 3.05) is 7.05 Å². The molecule has 0 radical (unpaired) electrons. The number of hydrogen-bond donors (Lipinski definition) is 2. The molecule has 0 spiro atoms. The number of nitrogens with one attached hydrogen (secondary N) is 2. The van der Waals surface area contributed by atoms with Gasteiger partial charge in [-0.3, -0.25) is 0 Å². The van der Waals surface area contributed by atoms with Gasteiger partial charge in [-0.15, -0.1) is 11.3 Å². The Bertz CT molecular complexity index is 634. The molecule has 0 aliphatic carbocycles. The second-order valence-corrected chi connectivity index (χ2v) is 7.27. The molecule has 0 saturated heterocycles. The monoisotopic (exact) mass is 314 g/mol. The van der Waals surface area contributed by atoms with Gasteiger partial charge in [0.1, 0.15) is 0 Å². The van der Waals surface area contributed by atoms with Gasteiger partial charge in [-0.1, -0.05) is 0 Å². The highest BCUT2D eigenvalue weighted by Gasteiger charge is 2.19. The Morgan fingerprint density at radius 2 is 2.30 bits per heavy atom. The molecule has 0 aliphatic rings. The first-order valence-corrected chi connectivity index (χ1v) is 8.57. The van der Waals surface area contributed by atoms with Crippen LogP contribution in [0.1, 0.15) is 11.8 Å². The minimum Gasteiger partial charge on any atom is -0.336 e. The zero-order chi connectivity index (χ0) is 14.6. The van der Waals surface area contributed by atoms with E-state index in [1.807, 2.05) is 18.5 Å². The van der Waals surface area contributed by atoms with Gasteiger partial charge in [-0.05, 0) is 20.0 Å². The first-order chi connectivity index (χ1) is 9.51. The van der Waals surface area contributed by atoms with Crippen molar-refractivity contribution in [1.29, 1.82) is 0 Å². The van der Waals surface area contributed by atoms with E-state index in [2.05, 4.69) is 15.0 Å². The average Bonchev–Trinajstić information content (AvgIpc) is 3.00. The lowest BCUT2D eigenvalue weighted by atomic mass is 10.4. The smallest absolute Gasteiger partial charge is 0.241 e. The van der Waals surface area contributed by atoms with Crippen LogP contribution in [0.4, 0.5) is 0 Å². The predicted molar refractivity (Wildman–Crippen MR) is 79.1 cm³/mol. The van der Waals surface area contributed by atoms with Crippen molar-refractivity contribution in [3.05, 3.63) is 35.0 Å². The van der Waals surface area contributed by atoms with Crippen LogP contribution in [0, 0.1) is 0 Å². The molecule has 0 fully saturated rings. The lowest BCUT2D eigenvalue weighted by Gasteiger charge is -2.13. The molecule has 110 valence electrons. The van der Waals surface area contributed by atoms with Crippen LogP contribution in [0.3, 0.4) is 0 Å². The van der Waals surface area contributed by atoms with Crippen molar-refractivity contribution < 1.29 is 8.42 Å². The number of nitrogens with zero attached hydrogens (tertiary/aromatic N) is 2. The van der Waals surface area contributed by atoms with Crippen LogP contribution in [-0.4, -0.2) is 31.1 Å². The minimum atomic E-state index is -3.46. The SMILES string of the molecule is CNCc1cc(S(=O)(=O)NC(C)Cn2ccnc2)cs1. The first kappa shape index (κ1) is 15.2. The van der Waals surface area contributed by atoms with E-state index in [0.717, 1.165) is 4.88 Å². The number of hydrogen-bond acceptors (Lipinski definition) is 5. The molecule has 0 bridgehead atoms. The Balaban J connectivity index is 2.02. The zero-order valence-corrected chi connectivity index (χ0v) is 13.0. The van der Waals surface area contributed by atoms with Gasteiger partial charge in [0.05, 0.1) is 11.2 Å².